The summed E-state index contributed by atoms with van der Waals surface area (Å²) < 4.78 is 5.59. The van der Waals surface area contributed by atoms with E-state index in [1.165, 1.54) is 6.07 Å². The van der Waals surface area contributed by atoms with Gasteiger partial charge in [-0.2, -0.15) is 0 Å². The Labute approximate surface area is 126 Å². The third-order valence-corrected chi connectivity index (χ3v) is 3.13. The van der Waals surface area contributed by atoms with Gasteiger partial charge in [-0.15, -0.1) is 0 Å². The zero-order valence-electron chi connectivity index (χ0n) is 11.0. The van der Waals surface area contributed by atoms with Crippen molar-refractivity contribution >= 4 is 35.2 Å². The molecule has 0 fully saturated rings. The van der Waals surface area contributed by atoms with Gasteiger partial charge in [0.25, 0.3) is 0 Å². The second kappa shape index (κ2) is 6.29. The summed E-state index contributed by atoms with van der Waals surface area (Å²) in [6.07, 6.45) is 0.720. The number of aldehydes is 1. The van der Waals surface area contributed by atoms with Crippen LogP contribution < -0.4 is 27.5 Å². The summed E-state index contributed by atoms with van der Waals surface area (Å²) >= 11 is 6.06. The molecule has 0 radical (unpaired) electrons. The van der Waals surface area contributed by atoms with Crippen LogP contribution in [-0.2, 0) is 6.61 Å². The number of rotatable bonds is 5. The van der Waals surface area contributed by atoms with Crippen LogP contribution in [-0.4, -0.2) is 11.3 Å². The molecule has 0 atom stereocenters. The number of nitrogens with zero attached hydrogens (tertiary/aromatic N) is 1. The van der Waals surface area contributed by atoms with Crippen molar-refractivity contribution in [3.8, 4) is 5.75 Å². The molecule has 21 heavy (non-hydrogen) atoms. The summed E-state index contributed by atoms with van der Waals surface area (Å²) in [6.45, 7) is 0.162. The first-order valence-electron chi connectivity index (χ1n) is 5.94. The predicted octanol–water partition coefficient (Wildman–Crippen LogP) is 1.58. The SMILES string of the molecule is NNc1nc(N)cc(OCc2ccc(C=O)cc2Cl)c1N. The average molecular weight is 308 g/mol. The standard InChI is InChI=1S/C13H14ClN5O2/c14-9-3-7(5-20)1-2-8(9)6-21-10-4-11(15)18-13(19-17)12(10)16/h1-5H,6,16-17H2,(H3,15,18,19). The molecule has 1 aromatic heterocycles. The maximum absolute atomic E-state index is 10.7. The Morgan fingerprint density at radius 3 is 2.71 bits per heavy atom. The number of benzene rings is 1. The van der Waals surface area contributed by atoms with E-state index < -0.39 is 0 Å². The van der Waals surface area contributed by atoms with Crippen molar-refractivity contribution in [3.05, 3.63) is 40.4 Å². The number of hydrazine groups is 1. The molecule has 2 rings (SSSR count). The van der Waals surface area contributed by atoms with Crippen LogP contribution in [0.4, 0.5) is 17.3 Å². The Hall–Kier alpha value is -2.51. The van der Waals surface area contributed by atoms with E-state index in [0.29, 0.717) is 21.9 Å². The minimum Gasteiger partial charge on any atom is -0.486 e. The monoisotopic (exact) mass is 307 g/mol. The summed E-state index contributed by atoms with van der Waals surface area (Å²) in [5.74, 6) is 6.08. The van der Waals surface area contributed by atoms with Crippen LogP contribution in [0.5, 0.6) is 5.75 Å². The Bertz CT molecular complexity index is 678. The molecule has 0 spiro atoms. The van der Waals surface area contributed by atoms with Crippen LogP contribution in [0.25, 0.3) is 0 Å². The summed E-state index contributed by atoms with van der Waals surface area (Å²) in [5, 5.41) is 0.428. The number of halogens is 1. The molecule has 7 N–H and O–H groups in total. The molecule has 0 saturated carbocycles. The minimum absolute atomic E-state index is 0.162. The number of hydrogen-bond acceptors (Lipinski definition) is 7. The van der Waals surface area contributed by atoms with Crippen LogP contribution in [0.15, 0.2) is 24.3 Å². The fraction of sp³-hybridized carbons (Fsp3) is 0.0769. The third kappa shape index (κ3) is 3.33. The number of nitrogens with two attached hydrogens (primary N) is 3. The Morgan fingerprint density at radius 1 is 1.33 bits per heavy atom. The van der Waals surface area contributed by atoms with Crippen molar-refractivity contribution in [2.75, 3.05) is 16.9 Å². The Kier molecular flexibility index (Phi) is 4.46. The van der Waals surface area contributed by atoms with Gasteiger partial charge in [-0.25, -0.2) is 10.8 Å². The van der Waals surface area contributed by atoms with Crippen LogP contribution >= 0.6 is 11.6 Å². The highest BCUT2D eigenvalue weighted by Crippen LogP contribution is 2.30. The number of hydrogen-bond donors (Lipinski definition) is 4. The molecule has 0 bridgehead atoms. The molecular formula is C13H14ClN5O2. The third-order valence-electron chi connectivity index (χ3n) is 2.77. The van der Waals surface area contributed by atoms with Gasteiger partial charge in [0, 0.05) is 22.2 Å². The molecular weight excluding hydrogens is 294 g/mol. The van der Waals surface area contributed by atoms with Crippen molar-refractivity contribution in [2.24, 2.45) is 5.84 Å². The van der Waals surface area contributed by atoms with Crippen molar-refractivity contribution in [3.63, 3.8) is 0 Å². The molecule has 0 aliphatic heterocycles. The van der Waals surface area contributed by atoms with Crippen LogP contribution in [0.1, 0.15) is 15.9 Å². The number of carbonyl (C=O) groups excluding carboxylic acids is 1. The zero-order valence-corrected chi connectivity index (χ0v) is 11.7. The molecule has 110 valence electrons. The molecule has 1 aromatic carbocycles. The number of aromatic nitrogens is 1. The summed E-state index contributed by atoms with van der Waals surface area (Å²) in [6, 6.07) is 6.40. The summed E-state index contributed by atoms with van der Waals surface area (Å²) in [5.41, 5.74) is 15.3. The maximum atomic E-state index is 10.7. The topological polar surface area (TPSA) is 129 Å². The van der Waals surface area contributed by atoms with Gasteiger partial charge in [0.2, 0.25) is 0 Å². The lowest BCUT2D eigenvalue weighted by Gasteiger charge is -2.13. The van der Waals surface area contributed by atoms with E-state index in [1.807, 2.05) is 0 Å². The van der Waals surface area contributed by atoms with E-state index >= 15 is 0 Å². The van der Waals surface area contributed by atoms with E-state index in [4.69, 9.17) is 33.6 Å². The molecule has 8 heteroatoms. The largest absolute Gasteiger partial charge is 0.486 e. The average Bonchev–Trinajstić information content (AvgIpc) is 2.48. The fourth-order valence-electron chi connectivity index (χ4n) is 1.69. The first-order chi connectivity index (χ1) is 10.0. The zero-order chi connectivity index (χ0) is 15.4. The molecule has 0 aliphatic rings. The van der Waals surface area contributed by atoms with Gasteiger partial charge in [0.15, 0.2) is 5.82 Å². The number of carbonyl (C=O) groups is 1. The normalized spacial score (nSPS) is 10.2. The van der Waals surface area contributed by atoms with Crippen molar-refractivity contribution in [2.45, 2.75) is 6.61 Å². The summed E-state index contributed by atoms with van der Waals surface area (Å²) in [7, 11) is 0. The van der Waals surface area contributed by atoms with Gasteiger partial charge in [-0.05, 0) is 6.07 Å². The molecule has 2 aromatic rings. The summed E-state index contributed by atoms with van der Waals surface area (Å²) in [4.78, 5) is 14.6. The first-order valence-corrected chi connectivity index (χ1v) is 6.32. The number of anilines is 3. The number of nitrogens with one attached hydrogen (secondary N) is 1. The molecule has 1 heterocycles. The molecule has 0 amide bonds. The van der Waals surface area contributed by atoms with E-state index in [9.17, 15) is 4.79 Å². The molecule has 0 unspecified atom stereocenters. The highest BCUT2D eigenvalue weighted by atomic mass is 35.5. The second-order valence-corrected chi connectivity index (χ2v) is 4.62. The van der Waals surface area contributed by atoms with Crippen molar-refractivity contribution in [1.82, 2.24) is 4.98 Å². The van der Waals surface area contributed by atoms with Gasteiger partial charge in [-0.3, -0.25) is 4.79 Å². The van der Waals surface area contributed by atoms with Crippen molar-refractivity contribution < 1.29 is 9.53 Å². The quantitative estimate of drug-likeness (QED) is 0.375. The Morgan fingerprint density at radius 2 is 2.10 bits per heavy atom. The van der Waals surface area contributed by atoms with Crippen LogP contribution in [0.3, 0.4) is 0 Å². The second-order valence-electron chi connectivity index (χ2n) is 4.21. The fourth-order valence-corrected chi connectivity index (χ4v) is 1.93. The highest BCUT2D eigenvalue weighted by molar-refractivity contribution is 6.31. The number of pyridine rings is 1. The lowest BCUT2D eigenvalue weighted by Crippen LogP contribution is -2.13. The van der Waals surface area contributed by atoms with Crippen LogP contribution in [0.2, 0.25) is 5.02 Å². The van der Waals surface area contributed by atoms with E-state index in [-0.39, 0.29) is 23.9 Å². The smallest absolute Gasteiger partial charge is 0.169 e. The van der Waals surface area contributed by atoms with Gasteiger partial charge in [0.1, 0.15) is 30.1 Å². The first kappa shape index (κ1) is 14.9. The lowest BCUT2D eigenvalue weighted by molar-refractivity contribution is 0.112. The van der Waals surface area contributed by atoms with Gasteiger partial charge in [0.05, 0.1) is 0 Å². The van der Waals surface area contributed by atoms with E-state index in [1.54, 1.807) is 18.2 Å². The van der Waals surface area contributed by atoms with Crippen molar-refractivity contribution in [1.29, 1.82) is 0 Å². The van der Waals surface area contributed by atoms with Crippen LogP contribution in [0, 0.1) is 0 Å². The lowest BCUT2D eigenvalue weighted by atomic mass is 10.1. The molecule has 0 aliphatic carbocycles. The van der Waals surface area contributed by atoms with Gasteiger partial charge < -0.3 is 21.6 Å². The maximum Gasteiger partial charge on any atom is 0.169 e. The van der Waals surface area contributed by atoms with E-state index in [0.717, 1.165) is 6.29 Å². The van der Waals surface area contributed by atoms with Gasteiger partial charge >= 0.3 is 0 Å². The predicted molar refractivity (Wildman–Crippen MR) is 82.0 cm³/mol. The van der Waals surface area contributed by atoms with Gasteiger partial charge in [-0.1, -0.05) is 23.7 Å². The minimum atomic E-state index is 0.162. The highest BCUT2D eigenvalue weighted by Gasteiger charge is 2.10. The number of ether oxygens (including phenoxy) is 1. The molecule has 7 nitrogen and oxygen atoms in total. The number of nitrogen functional groups attached to an aromatic ring is 3. The Balaban J connectivity index is 2.20. The molecule has 0 saturated heterocycles. The van der Waals surface area contributed by atoms with E-state index in [2.05, 4.69) is 10.4 Å².